The lowest BCUT2D eigenvalue weighted by atomic mass is 10.1. The Labute approximate surface area is 161 Å². The Hall–Kier alpha value is -1.19. The number of carbonyl (C=O) groups excluding carboxylic acids is 1. The number of hydrogen-bond acceptors (Lipinski definition) is 5. The zero-order chi connectivity index (χ0) is 18.3. The van der Waals surface area contributed by atoms with Crippen molar-refractivity contribution in [2.24, 2.45) is 5.73 Å². The number of ether oxygens (including phenoxy) is 1. The average Bonchev–Trinajstić information content (AvgIpc) is 2.65. The number of sulfonamides is 1. The Bertz CT molecular complexity index is 678. The van der Waals surface area contributed by atoms with Crippen LogP contribution in [0.4, 0.5) is 0 Å². The number of benzene rings is 1. The standard InChI is InChI=1S/C17H27N3O4S.ClH/c1-2-3-6-15(13-18)19-17(21)14-5-4-7-16(12-14)25(22,23)20-8-10-24-11-9-20;/h4-5,7,12,15H,2-3,6,8-11,13,18H2,1H3,(H,19,21);1H. The van der Waals surface area contributed by atoms with Gasteiger partial charge >= 0.3 is 0 Å². The maximum atomic E-state index is 12.7. The van der Waals surface area contributed by atoms with E-state index in [0.717, 1.165) is 19.3 Å². The van der Waals surface area contributed by atoms with Crippen molar-refractivity contribution in [1.29, 1.82) is 0 Å². The molecule has 148 valence electrons. The van der Waals surface area contributed by atoms with Crippen LogP contribution in [0.15, 0.2) is 29.2 Å². The predicted molar refractivity (Wildman–Crippen MR) is 103 cm³/mol. The van der Waals surface area contributed by atoms with Crippen molar-refractivity contribution >= 4 is 28.3 Å². The van der Waals surface area contributed by atoms with Gasteiger partial charge in [0.25, 0.3) is 5.91 Å². The molecule has 1 aromatic carbocycles. The first kappa shape index (κ1) is 22.9. The lowest BCUT2D eigenvalue weighted by molar-refractivity contribution is 0.0730. The second-order valence-electron chi connectivity index (χ2n) is 6.09. The van der Waals surface area contributed by atoms with Gasteiger partial charge in [-0.3, -0.25) is 4.79 Å². The molecule has 0 radical (unpaired) electrons. The molecular weight excluding hydrogens is 378 g/mol. The smallest absolute Gasteiger partial charge is 0.251 e. The Kier molecular flexibility index (Phi) is 9.52. The van der Waals surface area contributed by atoms with Crippen LogP contribution in [-0.4, -0.2) is 57.5 Å². The second kappa shape index (κ2) is 10.8. The first-order valence-corrected chi connectivity index (χ1v) is 10.1. The van der Waals surface area contributed by atoms with Crippen molar-refractivity contribution in [3.05, 3.63) is 29.8 Å². The van der Waals surface area contributed by atoms with Gasteiger partial charge in [-0.05, 0) is 24.6 Å². The molecule has 2 rings (SSSR count). The molecular formula is C17H28ClN3O4S. The SMILES string of the molecule is CCCCC(CN)NC(=O)c1cccc(S(=O)(=O)N2CCOCC2)c1.Cl. The molecule has 1 aliphatic rings. The summed E-state index contributed by atoms with van der Waals surface area (Å²) in [6.07, 6.45) is 2.82. The Morgan fingerprint density at radius 3 is 2.65 bits per heavy atom. The number of amides is 1. The third-order valence-electron chi connectivity index (χ3n) is 4.23. The summed E-state index contributed by atoms with van der Waals surface area (Å²) in [7, 11) is -3.62. The van der Waals surface area contributed by atoms with E-state index in [1.165, 1.54) is 16.4 Å². The van der Waals surface area contributed by atoms with Crippen LogP contribution in [0, 0.1) is 0 Å². The minimum Gasteiger partial charge on any atom is -0.379 e. The summed E-state index contributed by atoms with van der Waals surface area (Å²) in [6, 6.07) is 6.03. The fourth-order valence-corrected chi connectivity index (χ4v) is 4.16. The lowest BCUT2D eigenvalue weighted by Crippen LogP contribution is -2.41. The molecule has 26 heavy (non-hydrogen) atoms. The summed E-state index contributed by atoms with van der Waals surface area (Å²) in [5.74, 6) is -0.300. The average molecular weight is 406 g/mol. The summed E-state index contributed by atoms with van der Waals surface area (Å²) in [4.78, 5) is 12.6. The summed E-state index contributed by atoms with van der Waals surface area (Å²) in [5, 5.41) is 2.88. The fraction of sp³-hybridized carbons (Fsp3) is 0.588. The largest absolute Gasteiger partial charge is 0.379 e. The molecule has 1 fully saturated rings. The highest BCUT2D eigenvalue weighted by Gasteiger charge is 2.27. The van der Waals surface area contributed by atoms with Gasteiger partial charge in [-0.2, -0.15) is 4.31 Å². The zero-order valence-electron chi connectivity index (χ0n) is 15.0. The molecule has 0 aliphatic carbocycles. The minimum absolute atomic E-state index is 0. The lowest BCUT2D eigenvalue weighted by Gasteiger charge is -2.26. The third-order valence-corrected chi connectivity index (χ3v) is 6.12. The van der Waals surface area contributed by atoms with Crippen LogP contribution >= 0.6 is 12.4 Å². The molecule has 0 aromatic heterocycles. The van der Waals surface area contributed by atoms with E-state index in [9.17, 15) is 13.2 Å². The van der Waals surface area contributed by atoms with Crippen LogP contribution < -0.4 is 11.1 Å². The van der Waals surface area contributed by atoms with E-state index in [0.29, 0.717) is 38.4 Å². The number of rotatable bonds is 8. The predicted octanol–water partition coefficient (Wildman–Crippen LogP) is 1.38. The monoisotopic (exact) mass is 405 g/mol. The quantitative estimate of drug-likeness (QED) is 0.680. The molecule has 0 bridgehead atoms. The summed E-state index contributed by atoms with van der Waals surface area (Å²) >= 11 is 0. The summed E-state index contributed by atoms with van der Waals surface area (Å²) in [6.45, 7) is 3.85. The van der Waals surface area contributed by atoms with Gasteiger partial charge in [-0.25, -0.2) is 8.42 Å². The van der Waals surface area contributed by atoms with E-state index >= 15 is 0 Å². The molecule has 1 saturated heterocycles. The van der Waals surface area contributed by atoms with Gasteiger partial charge in [-0.1, -0.05) is 25.8 Å². The van der Waals surface area contributed by atoms with Gasteiger partial charge < -0.3 is 15.8 Å². The van der Waals surface area contributed by atoms with Crippen molar-refractivity contribution < 1.29 is 17.9 Å². The number of unbranched alkanes of at least 4 members (excludes halogenated alkanes) is 1. The van der Waals surface area contributed by atoms with Gasteiger partial charge in [0.15, 0.2) is 0 Å². The Balaban J connectivity index is 0.00000338. The number of nitrogens with two attached hydrogens (primary N) is 1. The molecule has 1 unspecified atom stereocenters. The van der Waals surface area contributed by atoms with Crippen molar-refractivity contribution in [2.45, 2.75) is 37.1 Å². The van der Waals surface area contributed by atoms with Crippen LogP contribution in [-0.2, 0) is 14.8 Å². The van der Waals surface area contributed by atoms with Gasteiger partial charge in [0.1, 0.15) is 0 Å². The van der Waals surface area contributed by atoms with E-state index in [1.54, 1.807) is 12.1 Å². The van der Waals surface area contributed by atoms with E-state index < -0.39 is 10.0 Å². The minimum atomic E-state index is -3.62. The molecule has 1 heterocycles. The van der Waals surface area contributed by atoms with Crippen LogP contribution in [0.5, 0.6) is 0 Å². The molecule has 0 saturated carbocycles. The maximum absolute atomic E-state index is 12.7. The van der Waals surface area contributed by atoms with E-state index in [4.69, 9.17) is 10.5 Å². The van der Waals surface area contributed by atoms with Crippen LogP contribution in [0.2, 0.25) is 0 Å². The number of nitrogens with zero attached hydrogens (tertiary/aromatic N) is 1. The number of nitrogens with one attached hydrogen (secondary N) is 1. The van der Waals surface area contributed by atoms with Gasteiger partial charge in [0.2, 0.25) is 10.0 Å². The zero-order valence-corrected chi connectivity index (χ0v) is 16.7. The topological polar surface area (TPSA) is 102 Å². The number of halogens is 1. The first-order chi connectivity index (χ1) is 12.0. The van der Waals surface area contributed by atoms with E-state index in [1.807, 2.05) is 0 Å². The maximum Gasteiger partial charge on any atom is 0.251 e. The summed E-state index contributed by atoms with van der Waals surface area (Å²) < 4.78 is 32.0. The highest BCUT2D eigenvalue weighted by Crippen LogP contribution is 2.18. The molecule has 1 aliphatic heterocycles. The highest BCUT2D eigenvalue weighted by atomic mass is 35.5. The molecule has 3 N–H and O–H groups in total. The van der Waals surface area contributed by atoms with Gasteiger partial charge in [0.05, 0.1) is 18.1 Å². The van der Waals surface area contributed by atoms with Crippen molar-refractivity contribution in [3.8, 4) is 0 Å². The van der Waals surface area contributed by atoms with Gasteiger partial charge in [0, 0.05) is 31.2 Å². The molecule has 0 spiro atoms. The fourth-order valence-electron chi connectivity index (χ4n) is 2.70. The number of hydrogen-bond donors (Lipinski definition) is 2. The molecule has 7 nitrogen and oxygen atoms in total. The first-order valence-electron chi connectivity index (χ1n) is 8.68. The third kappa shape index (κ3) is 5.92. The van der Waals surface area contributed by atoms with E-state index in [-0.39, 0.29) is 29.3 Å². The highest BCUT2D eigenvalue weighted by molar-refractivity contribution is 7.89. The van der Waals surface area contributed by atoms with E-state index in [2.05, 4.69) is 12.2 Å². The Morgan fingerprint density at radius 2 is 2.04 bits per heavy atom. The second-order valence-corrected chi connectivity index (χ2v) is 8.03. The summed E-state index contributed by atoms with van der Waals surface area (Å²) in [5.41, 5.74) is 6.03. The molecule has 1 aromatic rings. The molecule has 1 atom stereocenters. The van der Waals surface area contributed by atoms with Crippen molar-refractivity contribution in [2.75, 3.05) is 32.8 Å². The van der Waals surface area contributed by atoms with Crippen LogP contribution in [0.1, 0.15) is 36.5 Å². The normalized spacial score (nSPS) is 16.5. The van der Waals surface area contributed by atoms with Gasteiger partial charge in [-0.15, -0.1) is 12.4 Å². The van der Waals surface area contributed by atoms with Crippen molar-refractivity contribution in [3.63, 3.8) is 0 Å². The van der Waals surface area contributed by atoms with Crippen LogP contribution in [0.25, 0.3) is 0 Å². The number of morpholine rings is 1. The molecule has 1 amide bonds. The molecule has 9 heteroatoms. The number of carbonyl (C=O) groups is 1. The Morgan fingerprint density at radius 1 is 1.35 bits per heavy atom. The van der Waals surface area contributed by atoms with Crippen molar-refractivity contribution in [1.82, 2.24) is 9.62 Å². The van der Waals surface area contributed by atoms with Crippen LogP contribution in [0.3, 0.4) is 0 Å².